The molecular weight excluding hydrogens is 559 g/mol. The second-order valence-corrected chi connectivity index (χ2v) is 14.8. The summed E-state index contributed by atoms with van der Waals surface area (Å²) in [5.74, 6) is -1.43. The molecule has 0 unspecified atom stereocenters. The number of piperidine rings is 1. The third-order valence-electron chi connectivity index (χ3n) is 8.48. The first-order valence-corrected chi connectivity index (χ1v) is 15.7. The van der Waals surface area contributed by atoms with E-state index in [2.05, 4.69) is 0 Å². The van der Waals surface area contributed by atoms with Gasteiger partial charge in [0.15, 0.2) is 0 Å². The van der Waals surface area contributed by atoms with Crippen LogP contribution < -0.4 is 0 Å². The Bertz CT molecular complexity index is 1360. The fourth-order valence-electron chi connectivity index (χ4n) is 6.18. The van der Waals surface area contributed by atoms with Crippen LogP contribution in [0.2, 0.25) is 10.0 Å². The molecule has 4 atom stereocenters. The van der Waals surface area contributed by atoms with Crippen LogP contribution >= 0.6 is 23.2 Å². The number of hydrogen-bond acceptors (Lipinski definition) is 4. The second kappa shape index (κ2) is 10.7. The molecule has 0 bridgehead atoms. The van der Waals surface area contributed by atoms with Gasteiger partial charge in [-0.1, -0.05) is 54.4 Å². The lowest BCUT2D eigenvalue weighted by molar-refractivity contribution is -0.161. The summed E-state index contributed by atoms with van der Waals surface area (Å²) in [6.07, 6.45) is 3.08. The molecule has 0 spiro atoms. The van der Waals surface area contributed by atoms with Gasteiger partial charge in [-0.05, 0) is 73.4 Å². The summed E-state index contributed by atoms with van der Waals surface area (Å²) in [6, 6.07) is 14.0. The van der Waals surface area contributed by atoms with Gasteiger partial charge in [-0.15, -0.1) is 0 Å². The van der Waals surface area contributed by atoms with Crippen molar-refractivity contribution in [2.75, 3.05) is 13.6 Å². The summed E-state index contributed by atoms with van der Waals surface area (Å²) in [4.78, 5) is 28.3. The first-order valence-electron chi connectivity index (χ1n) is 13.4. The third kappa shape index (κ3) is 5.85. The standard InChI is InChI=1S/C29H34Cl2N2O5S/c1-29(16-26(34)35)15-24(20-4-3-5-22(31)14-20)27(19-8-10-21(30)11-9-19)33(28(29)36)25(18-6-7-18)17-32(2)39(37,38)23-12-13-23/h3-5,8-11,14,18,23-25,27H,6-7,12-13,15-17H2,1-2H3,(H,34,35)/t24-,25-,27-,29+/m1/s1. The Morgan fingerprint density at radius 2 is 1.74 bits per heavy atom. The molecule has 39 heavy (non-hydrogen) atoms. The van der Waals surface area contributed by atoms with Crippen molar-refractivity contribution in [3.05, 3.63) is 69.7 Å². The highest BCUT2D eigenvalue weighted by Gasteiger charge is 2.55. The van der Waals surface area contributed by atoms with E-state index in [9.17, 15) is 23.1 Å². The summed E-state index contributed by atoms with van der Waals surface area (Å²) in [5.41, 5.74) is 0.599. The van der Waals surface area contributed by atoms with E-state index in [0.717, 1.165) is 24.0 Å². The molecule has 3 aliphatic rings. The average molecular weight is 594 g/mol. The number of amides is 1. The van der Waals surface area contributed by atoms with Crippen molar-refractivity contribution >= 4 is 45.1 Å². The number of aliphatic carboxylic acids is 1. The molecule has 10 heteroatoms. The molecule has 3 fully saturated rings. The molecule has 0 aromatic heterocycles. The van der Waals surface area contributed by atoms with Crippen LogP contribution in [0.25, 0.3) is 0 Å². The fraction of sp³-hybridized carbons (Fsp3) is 0.517. The van der Waals surface area contributed by atoms with Crippen LogP contribution in [-0.2, 0) is 19.6 Å². The number of rotatable bonds is 10. The van der Waals surface area contributed by atoms with E-state index >= 15 is 0 Å². The number of carboxylic acid groups (broad SMARTS) is 1. The molecule has 2 aromatic rings. The van der Waals surface area contributed by atoms with Gasteiger partial charge in [0.2, 0.25) is 15.9 Å². The number of carboxylic acids is 1. The van der Waals surface area contributed by atoms with E-state index in [1.54, 1.807) is 32.2 Å². The van der Waals surface area contributed by atoms with E-state index in [1.165, 1.54) is 4.31 Å². The summed E-state index contributed by atoms with van der Waals surface area (Å²) in [5, 5.41) is 10.6. The number of hydrogen-bond donors (Lipinski definition) is 1. The SMILES string of the molecule is CN(C[C@H](C1CC1)N1C(=O)[C@](C)(CC(=O)O)C[C@H](c2cccc(Cl)c2)[C@H]1c1ccc(Cl)cc1)S(=O)(=O)C1CC1. The average Bonchev–Trinajstić information content (AvgIpc) is 3.77. The number of carbonyl (C=O) groups excluding carboxylic acids is 1. The Balaban J connectivity index is 1.65. The lowest BCUT2D eigenvalue weighted by Gasteiger charge is -2.52. The van der Waals surface area contributed by atoms with E-state index in [1.807, 2.05) is 35.2 Å². The summed E-state index contributed by atoms with van der Waals surface area (Å²) in [6.45, 7) is 1.89. The first kappa shape index (κ1) is 28.4. The van der Waals surface area contributed by atoms with Gasteiger partial charge in [-0.3, -0.25) is 9.59 Å². The second-order valence-electron chi connectivity index (χ2n) is 11.6. The van der Waals surface area contributed by atoms with Crippen molar-refractivity contribution in [3.63, 3.8) is 0 Å². The van der Waals surface area contributed by atoms with Crippen LogP contribution in [0.15, 0.2) is 48.5 Å². The molecule has 2 saturated carbocycles. The minimum Gasteiger partial charge on any atom is -0.481 e. The number of carbonyl (C=O) groups is 2. The van der Waals surface area contributed by atoms with E-state index in [4.69, 9.17) is 23.2 Å². The maximum Gasteiger partial charge on any atom is 0.304 e. The molecule has 1 saturated heterocycles. The van der Waals surface area contributed by atoms with Gasteiger partial charge in [0.25, 0.3) is 0 Å². The Kier molecular flexibility index (Phi) is 7.79. The third-order valence-corrected chi connectivity index (χ3v) is 11.3. The number of likely N-dealkylation sites (tertiary alicyclic amines) is 1. The highest BCUT2D eigenvalue weighted by atomic mass is 35.5. The molecule has 0 radical (unpaired) electrons. The smallest absolute Gasteiger partial charge is 0.304 e. The monoisotopic (exact) mass is 592 g/mol. The minimum atomic E-state index is -3.46. The van der Waals surface area contributed by atoms with Crippen LogP contribution in [0.4, 0.5) is 0 Å². The maximum absolute atomic E-state index is 14.5. The maximum atomic E-state index is 14.5. The molecule has 1 amide bonds. The largest absolute Gasteiger partial charge is 0.481 e. The number of halogens is 2. The van der Waals surface area contributed by atoms with Gasteiger partial charge in [-0.2, -0.15) is 0 Å². The van der Waals surface area contributed by atoms with Gasteiger partial charge in [0.1, 0.15) is 0 Å². The zero-order chi connectivity index (χ0) is 28.1. The lowest BCUT2D eigenvalue weighted by atomic mass is 9.67. The van der Waals surface area contributed by atoms with E-state index in [0.29, 0.717) is 29.3 Å². The molecule has 210 valence electrons. The molecule has 1 heterocycles. The topological polar surface area (TPSA) is 95.0 Å². The van der Waals surface area contributed by atoms with Crippen molar-refractivity contribution in [2.24, 2.45) is 11.3 Å². The van der Waals surface area contributed by atoms with Crippen molar-refractivity contribution in [2.45, 2.75) is 68.7 Å². The quantitative estimate of drug-likeness (QED) is 0.380. The first-order chi connectivity index (χ1) is 18.4. The highest BCUT2D eigenvalue weighted by molar-refractivity contribution is 7.90. The molecule has 2 aromatic carbocycles. The van der Waals surface area contributed by atoms with Crippen LogP contribution in [0, 0.1) is 11.3 Å². The molecule has 7 nitrogen and oxygen atoms in total. The van der Waals surface area contributed by atoms with Crippen molar-refractivity contribution in [3.8, 4) is 0 Å². The Morgan fingerprint density at radius 3 is 2.31 bits per heavy atom. The van der Waals surface area contributed by atoms with Crippen molar-refractivity contribution < 1.29 is 23.1 Å². The van der Waals surface area contributed by atoms with Crippen molar-refractivity contribution in [1.82, 2.24) is 9.21 Å². The van der Waals surface area contributed by atoms with Gasteiger partial charge in [0, 0.05) is 35.6 Å². The van der Waals surface area contributed by atoms with Crippen LogP contribution in [0.1, 0.15) is 68.5 Å². The number of benzene rings is 2. The highest BCUT2D eigenvalue weighted by Crippen LogP contribution is 2.54. The Morgan fingerprint density at radius 1 is 1.08 bits per heavy atom. The molecule has 1 aliphatic heterocycles. The lowest BCUT2D eigenvalue weighted by Crippen LogP contribution is -2.59. The Hall–Kier alpha value is -2.13. The van der Waals surface area contributed by atoms with Gasteiger partial charge >= 0.3 is 5.97 Å². The zero-order valence-corrected chi connectivity index (χ0v) is 24.4. The predicted octanol–water partition coefficient (Wildman–Crippen LogP) is 5.73. The predicted molar refractivity (Wildman–Crippen MR) is 151 cm³/mol. The fourth-order valence-corrected chi connectivity index (χ4v) is 8.10. The summed E-state index contributed by atoms with van der Waals surface area (Å²) < 4.78 is 27.7. The Labute approximate surface area is 240 Å². The van der Waals surface area contributed by atoms with Gasteiger partial charge in [-0.25, -0.2) is 12.7 Å². The van der Waals surface area contributed by atoms with Gasteiger partial charge in [0.05, 0.1) is 23.1 Å². The number of likely N-dealkylation sites (N-methyl/N-ethyl adjacent to an activating group) is 1. The number of nitrogens with zero attached hydrogens (tertiary/aromatic N) is 2. The summed E-state index contributed by atoms with van der Waals surface area (Å²) >= 11 is 12.6. The van der Waals surface area contributed by atoms with Crippen LogP contribution in [0.5, 0.6) is 0 Å². The molecule has 2 aliphatic carbocycles. The van der Waals surface area contributed by atoms with E-state index in [-0.39, 0.29) is 36.0 Å². The van der Waals surface area contributed by atoms with Crippen molar-refractivity contribution in [1.29, 1.82) is 0 Å². The van der Waals surface area contributed by atoms with Gasteiger partial charge < -0.3 is 10.0 Å². The minimum absolute atomic E-state index is 0.132. The number of sulfonamides is 1. The normalized spacial score (nSPS) is 26.6. The van der Waals surface area contributed by atoms with Crippen LogP contribution in [-0.4, -0.2) is 59.5 Å². The molecule has 1 N–H and O–H groups in total. The summed E-state index contributed by atoms with van der Waals surface area (Å²) in [7, 11) is -1.87. The van der Waals surface area contributed by atoms with E-state index < -0.39 is 33.5 Å². The molecule has 5 rings (SSSR count). The molecular formula is C29H34Cl2N2O5S. The van der Waals surface area contributed by atoms with Crippen LogP contribution in [0.3, 0.4) is 0 Å². The zero-order valence-electron chi connectivity index (χ0n) is 22.1.